The van der Waals surface area contributed by atoms with Crippen molar-refractivity contribution in [2.24, 2.45) is 0 Å². The lowest BCUT2D eigenvalue weighted by Crippen LogP contribution is -2.20. The van der Waals surface area contributed by atoms with E-state index >= 15 is 0 Å². The van der Waals surface area contributed by atoms with Gasteiger partial charge < -0.3 is 4.74 Å². The van der Waals surface area contributed by atoms with Crippen LogP contribution in [0.3, 0.4) is 0 Å². The molecule has 0 heterocycles. The topological polar surface area (TPSA) is 26.3 Å². The van der Waals surface area contributed by atoms with Crippen molar-refractivity contribution in [2.45, 2.75) is 3.93 Å². The van der Waals surface area contributed by atoms with E-state index in [2.05, 4.69) is 0 Å². The van der Waals surface area contributed by atoms with Crippen molar-refractivity contribution in [3.8, 4) is 5.75 Å². The third-order valence-corrected chi connectivity index (χ3v) is 2.10. The molecule has 0 unspecified atom stereocenters. The average molecular weight is 312 g/mol. The van der Waals surface area contributed by atoms with E-state index < -0.39 is 9.71 Å². The standard InChI is InChI=1S/C9H7F2IO2/c1-14-7-4-2-6(3-5-7)8(13)9(10,11)12/h2-5H,1H3. The third-order valence-electron chi connectivity index (χ3n) is 1.61. The van der Waals surface area contributed by atoms with Gasteiger partial charge in [-0.15, -0.1) is 0 Å². The maximum atomic E-state index is 12.6. The van der Waals surface area contributed by atoms with Gasteiger partial charge in [0.2, 0.25) is 5.78 Å². The molecule has 1 aromatic carbocycles. The summed E-state index contributed by atoms with van der Waals surface area (Å²) in [5.41, 5.74) is -0.0230. The molecule has 0 atom stereocenters. The minimum atomic E-state index is -3.35. The molecule has 14 heavy (non-hydrogen) atoms. The molecule has 0 saturated carbocycles. The molecule has 76 valence electrons. The van der Waals surface area contributed by atoms with Gasteiger partial charge in [-0.05, 0) is 24.3 Å². The van der Waals surface area contributed by atoms with Crippen LogP contribution in [0.1, 0.15) is 10.4 Å². The lowest BCUT2D eigenvalue weighted by molar-refractivity contribution is 0.0627. The molecule has 0 aromatic heterocycles. The van der Waals surface area contributed by atoms with E-state index in [1.807, 2.05) is 0 Å². The predicted molar refractivity (Wildman–Crippen MR) is 56.3 cm³/mol. The molecule has 0 spiro atoms. The normalized spacial score (nSPS) is 11.1. The third kappa shape index (κ3) is 2.63. The van der Waals surface area contributed by atoms with Crippen LogP contribution in [0, 0.1) is 0 Å². The zero-order valence-electron chi connectivity index (χ0n) is 7.26. The molecular formula is C9H7F2IO2. The number of carbonyl (C=O) groups excluding carboxylic acids is 1. The number of benzene rings is 1. The second-order valence-corrected chi connectivity index (χ2v) is 3.91. The zero-order valence-corrected chi connectivity index (χ0v) is 9.42. The number of Topliss-reactive ketones (excluding diaryl/α,β-unsaturated/α-hetero) is 1. The zero-order chi connectivity index (χ0) is 10.8. The van der Waals surface area contributed by atoms with E-state index in [1.54, 1.807) is 0 Å². The molecular weight excluding hydrogens is 305 g/mol. The summed E-state index contributed by atoms with van der Waals surface area (Å²) in [5.74, 6) is -0.668. The Morgan fingerprint density at radius 3 is 2.21 bits per heavy atom. The molecule has 0 radical (unpaired) electrons. The highest BCUT2D eigenvalue weighted by Crippen LogP contribution is 2.27. The van der Waals surface area contributed by atoms with Gasteiger partial charge in [0, 0.05) is 28.2 Å². The smallest absolute Gasteiger partial charge is 0.357 e. The first-order valence-corrected chi connectivity index (χ1v) is 4.78. The Balaban J connectivity index is 2.93. The summed E-state index contributed by atoms with van der Waals surface area (Å²) < 4.78 is 26.7. The summed E-state index contributed by atoms with van der Waals surface area (Å²) in [5, 5.41) is 0. The van der Waals surface area contributed by atoms with Gasteiger partial charge in [0.05, 0.1) is 7.11 Å². The lowest BCUT2D eigenvalue weighted by Gasteiger charge is -2.07. The Labute approximate surface area is 93.4 Å². The highest BCUT2D eigenvalue weighted by Gasteiger charge is 2.35. The van der Waals surface area contributed by atoms with Gasteiger partial charge >= 0.3 is 3.93 Å². The number of alkyl halides is 3. The fourth-order valence-electron chi connectivity index (χ4n) is 0.906. The molecule has 0 bridgehead atoms. The van der Waals surface area contributed by atoms with Crippen molar-refractivity contribution in [1.29, 1.82) is 0 Å². The summed E-state index contributed by atoms with van der Waals surface area (Å²) in [6.45, 7) is 0. The summed E-state index contributed by atoms with van der Waals surface area (Å²) in [7, 11) is 1.46. The number of methoxy groups -OCH3 is 1. The van der Waals surface area contributed by atoms with Gasteiger partial charge in [-0.25, -0.2) is 0 Å². The first-order chi connectivity index (χ1) is 6.45. The molecule has 1 aromatic rings. The van der Waals surface area contributed by atoms with Gasteiger partial charge in [0.25, 0.3) is 0 Å². The van der Waals surface area contributed by atoms with Crippen molar-refractivity contribution in [3.05, 3.63) is 29.8 Å². The number of ketones is 1. The summed E-state index contributed by atoms with van der Waals surface area (Å²) in [6.07, 6.45) is 0. The fraction of sp³-hybridized carbons (Fsp3) is 0.222. The van der Waals surface area contributed by atoms with Crippen molar-refractivity contribution < 1.29 is 18.3 Å². The number of hydrogen-bond donors (Lipinski definition) is 0. The second kappa shape index (κ2) is 4.20. The largest absolute Gasteiger partial charge is 0.497 e. The van der Waals surface area contributed by atoms with Crippen LogP contribution in [0.15, 0.2) is 24.3 Å². The Bertz CT molecular complexity index is 330. The molecule has 0 amide bonds. The van der Waals surface area contributed by atoms with Crippen LogP contribution in [0.25, 0.3) is 0 Å². The number of rotatable bonds is 3. The monoisotopic (exact) mass is 312 g/mol. The maximum absolute atomic E-state index is 12.6. The van der Waals surface area contributed by atoms with Crippen LogP contribution in [0.2, 0.25) is 0 Å². The molecule has 0 aliphatic rings. The maximum Gasteiger partial charge on any atom is 0.357 e. The van der Waals surface area contributed by atoms with Gasteiger partial charge in [-0.3, -0.25) is 4.79 Å². The van der Waals surface area contributed by atoms with Gasteiger partial charge in [0.1, 0.15) is 5.75 Å². The number of halogens is 3. The Hall–Kier alpha value is -0.720. The first-order valence-electron chi connectivity index (χ1n) is 3.70. The molecule has 0 fully saturated rings. The Morgan fingerprint density at radius 2 is 1.86 bits per heavy atom. The van der Waals surface area contributed by atoms with Crippen molar-refractivity contribution in [3.63, 3.8) is 0 Å². The van der Waals surface area contributed by atoms with Crippen LogP contribution in [0.5, 0.6) is 5.75 Å². The summed E-state index contributed by atoms with van der Waals surface area (Å²) >= 11 is 0.810. The minimum absolute atomic E-state index is 0.0230. The van der Waals surface area contributed by atoms with Gasteiger partial charge in [-0.2, -0.15) is 8.78 Å². The molecule has 0 N–H and O–H groups in total. The summed E-state index contributed by atoms with van der Waals surface area (Å²) in [4.78, 5) is 11.1. The fourth-order valence-corrected chi connectivity index (χ4v) is 1.22. The highest BCUT2D eigenvalue weighted by atomic mass is 127. The SMILES string of the molecule is COc1ccc(C(=O)C(F)(F)I)cc1. The van der Waals surface area contributed by atoms with Crippen LogP contribution in [-0.2, 0) is 0 Å². The molecule has 2 nitrogen and oxygen atoms in total. The van der Waals surface area contributed by atoms with E-state index in [0.29, 0.717) is 5.75 Å². The highest BCUT2D eigenvalue weighted by molar-refractivity contribution is 14.1. The van der Waals surface area contributed by atoms with E-state index in [9.17, 15) is 13.6 Å². The van der Waals surface area contributed by atoms with Crippen molar-refractivity contribution in [2.75, 3.05) is 7.11 Å². The Morgan fingerprint density at radius 1 is 1.36 bits per heavy atom. The van der Waals surface area contributed by atoms with Gasteiger partial charge in [-0.1, -0.05) is 0 Å². The van der Waals surface area contributed by atoms with Crippen LogP contribution in [0.4, 0.5) is 8.78 Å². The lowest BCUT2D eigenvalue weighted by atomic mass is 10.1. The van der Waals surface area contributed by atoms with Crippen molar-refractivity contribution in [1.82, 2.24) is 0 Å². The Kier molecular flexibility index (Phi) is 3.41. The van der Waals surface area contributed by atoms with Gasteiger partial charge in [0.15, 0.2) is 0 Å². The van der Waals surface area contributed by atoms with E-state index in [1.165, 1.54) is 31.4 Å². The van der Waals surface area contributed by atoms with Crippen LogP contribution < -0.4 is 4.74 Å². The molecule has 5 heteroatoms. The molecule has 0 aliphatic carbocycles. The molecule has 1 rings (SSSR count). The van der Waals surface area contributed by atoms with E-state index in [4.69, 9.17) is 4.74 Å². The van der Waals surface area contributed by atoms with Crippen molar-refractivity contribution >= 4 is 28.4 Å². The molecule has 0 aliphatic heterocycles. The van der Waals surface area contributed by atoms with Crippen LogP contribution >= 0.6 is 22.6 Å². The minimum Gasteiger partial charge on any atom is -0.497 e. The first kappa shape index (κ1) is 11.4. The van der Waals surface area contributed by atoms with E-state index in [-0.39, 0.29) is 5.56 Å². The number of ether oxygens (including phenoxy) is 1. The summed E-state index contributed by atoms with van der Waals surface area (Å²) in [6, 6.07) is 5.56. The number of carbonyl (C=O) groups is 1. The van der Waals surface area contributed by atoms with Crippen LogP contribution in [-0.4, -0.2) is 16.8 Å². The quantitative estimate of drug-likeness (QED) is 0.487. The predicted octanol–water partition coefficient (Wildman–Crippen LogP) is 2.91. The molecule has 0 saturated heterocycles. The number of hydrogen-bond acceptors (Lipinski definition) is 2. The average Bonchev–Trinajstić information content (AvgIpc) is 2.15. The van der Waals surface area contributed by atoms with E-state index in [0.717, 1.165) is 22.6 Å². The second-order valence-electron chi connectivity index (χ2n) is 2.56.